The van der Waals surface area contributed by atoms with Crippen molar-refractivity contribution in [2.24, 2.45) is 0 Å². The van der Waals surface area contributed by atoms with Crippen molar-refractivity contribution in [1.82, 2.24) is 5.16 Å². The Bertz CT molecular complexity index is 607. The van der Waals surface area contributed by atoms with Gasteiger partial charge in [-0.15, -0.1) is 0 Å². The fourth-order valence-electron chi connectivity index (χ4n) is 1.75. The Morgan fingerprint density at radius 3 is 2.70 bits per heavy atom. The maximum Gasteiger partial charge on any atom is 0.239 e. The molecule has 20 heavy (non-hydrogen) atoms. The fraction of sp³-hybridized carbons (Fsp3) is 0.286. The second-order valence-corrected chi connectivity index (χ2v) is 4.04. The van der Waals surface area contributed by atoms with E-state index in [0.717, 1.165) is 5.56 Å². The third-order valence-electron chi connectivity index (χ3n) is 2.84. The minimum Gasteiger partial charge on any atom is -0.493 e. The smallest absolute Gasteiger partial charge is 0.239 e. The highest BCUT2D eigenvalue weighted by atomic mass is 16.5. The molecule has 0 aliphatic rings. The summed E-state index contributed by atoms with van der Waals surface area (Å²) in [6.07, 6.45) is 1.92. The summed E-state index contributed by atoms with van der Waals surface area (Å²) in [6.45, 7) is 1.77. The molecule has 0 radical (unpaired) electrons. The number of nitrogens with zero attached hydrogens (tertiary/aromatic N) is 1. The number of carbonyl (C=O) groups is 1. The summed E-state index contributed by atoms with van der Waals surface area (Å²) in [4.78, 5) is 11.4. The Morgan fingerprint density at radius 2 is 2.05 bits per heavy atom. The van der Waals surface area contributed by atoms with Gasteiger partial charge < -0.3 is 14.0 Å². The predicted octanol–water partition coefficient (Wildman–Crippen LogP) is 2.71. The molecule has 1 heterocycles. The molecular weight excluding hydrogens is 260 g/mol. The molecule has 6 heteroatoms. The molecule has 2 rings (SSSR count). The van der Waals surface area contributed by atoms with Crippen LogP contribution in [0.15, 0.2) is 28.9 Å². The van der Waals surface area contributed by atoms with E-state index in [4.69, 9.17) is 14.0 Å². The van der Waals surface area contributed by atoms with Gasteiger partial charge >= 0.3 is 0 Å². The van der Waals surface area contributed by atoms with Gasteiger partial charge in [-0.1, -0.05) is 18.1 Å². The summed E-state index contributed by atoms with van der Waals surface area (Å²) in [7, 11) is 3.14. The van der Waals surface area contributed by atoms with Crippen LogP contribution >= 0.6 is 0 Å². The van der Waals surface area contributed by atoms with Crippen LogP contribution in [0, 0.1) is 0 Å². The summed E-state index contributed by atoms with van der Waals surface area (Å²) in [6, 6.07) is 5.43. The Morgan fingerprint density at radius 1 is 1.30 bits per heavy atom. The van der Waals surface area contributed by atoms with Crippen molar-refractivity contribution in [3.05, 3.63) is 24.4 Å². The van der Waals surface area contributed by atoms with Crippen LogP contribution in [0.4, 0.5) is 5.88 Å². The molecule has 0 aliphatic carbocycles. The summed E-state index contributed by atoms with van der Waals surface area (Å²) >= 11 is 0. The minimum absolute atomic E-state index is 0.136. The van der Waals surface area contributed by atoms with Crippen molar-refractivity contribution in [2.75, 3.05) is 19.5 Å². The zero-order valence-corrected chi connectivity index (χ0v) is 11.6. The molecule has 0 bridgehead atoms. The van der Waals surface area contributed by atoms with E-state index in [0.29, 0.717) is 29.4 Å². The van der Waals surface area contributed by atoms with Gasteiger partial charge in [-0.25, -0.2) is 0 Å². The summed E-state index contributed by atoms with van der Waals surface area (Å²) in [5, 5.41) is 6.39. The van der Waals surface area contributed by atoms with Gasteiger partial charge in [-0.2, -0.15) is 0 Å². The van der Waals surface area contributed by atoms with E-state index in [1.807, 2.05) is 6.07 Å². The molecule has 0 spiro atoms. The largest absolute Gasteiger partial charge is 0.493 e. The third kappa shape index (κ3) is 2.74. The van der Waals surface area contributed by atoms with Gasteiger partial charge in [-0.05, 0) is 17.7 Å². The number of carbonyl (C=O) groups excluding carboxylic acids is 1. The van der Waals surface area contributed by atoms with E-state index in [1.54, 1.807) is 39.5 Å². The van der Waals surface area contributed by atoms with Gasteiger partial charge in [-0.3, -0.25) is 10.1 Å². The van der Waals surface area contributed by atoms with Crippen LogP contribution < -0.4 is 14.8 Å². The van der Waals surface area contributed by atoms with Crippen molar-refractivity contribution in [1.29, 1.82) is 0 Å². The number of nitrogens with one attached hydrogen (secondary N) is 1. The van der Waals surface area contributed by atoms with E-state index < -0.39 is 0 Å². The molecule has 1 aromatic heterocycles. The molecule has 1 N–H and O–H groups in total. The Hall–Kier alpha value is -2.50. The maximum atomic E-state index is 11.4. The van der Waals surface area contributed by atoms with Crippen LogP contribution in [-0.2, 0) is 4.79 Å². The first-order valence-electron chi connectivity index (χ1n) is 6.16. The van der Waals surface area contributed by atoms with Crippen LogP contribution in [0.5, 0.6) is 11.5 Å². The zero-order chi connectivity index (χ0) is 14.5. The van der Waals surface area contributed by atoms with Crippen LogP contribution in [0.25, 0.3) is 11.1 Å². The Kier molecular flexibility index (Phi) is 4.24. The highest BCUT2D eigenvalue weighted by Crippen LogP contribution is 2.35. The minimum atomic E-state index is -0.136. The standard InChI is InChI=1S/C14H16N2O4/c1-4-13(17)16-14-10(8-15-20-14)9-5-6-11(18-2)12(7-9)19-3/h5-8H,4H2,1-3H3,(H,16,17). The first-order valence-corrected chi connectivity index (χ1v) is 6.16. The molecular formula is C14H16N2O4. The number of hydrogen-bond acceptors (Lipinski definition) is 5. The summed E-state index contributed by atoms with van der Waals surface area (Å²) in [5.74, 6) is 1.42. The maximum absolute atomic E-state index is 11.4. The Balaban J connectivity index is 2.37. The number of anilines is 1. The van der Waals surface area contributed by atoms with E-state index >= 15 is 0 Å². The van der Waals surface area contributed by atoms with Gasteiger partial charge in [0, 0.05) is 6.42 Å². The number of hydrogen-bond donors (Lipinski definition) is 1. The van der Waals surface area contributed by atoms with Gasteiger partial charge in [0.05, 0.1) is 26.0 Å². The number of ether oxygens (including phenoxy) is 2. The second-order valence-electron chi connectivity index (χ2n) is 4.04. The quantitative estimate of drug-likeness (QED) is 0.908. The number of aromatic nitrogens is 1. The van der Waals surface area contributed by atoms with Crippen LogP contribution in [0.2, 0.25) is 0 Å². The van der Waals surface area contributed by atoms with Gasteiger partial charge in [0.2, 0.25) is 11.8 Å². The van der Waals surface area contributed by atoms with E-state index in [-0.39, 0.29) is 5.91 Å². The first kappa shape index (κ1) is 13.9. The molecule has 106 valence electrons. The SMILES string of the molecule is CCC(=O)Nc1oncc1-c1ccc(OC)c(OC)c1. The molecule has 0 aliphatic heterocycles. The third-order valence-corrected chi connectivity index (χ3v) is 2.84. The molecule has 6 nitrogen and oxygen atoms in total. The summed E-state index contributed by atoms with van der Waals surface area (Å²) in [5.41, 5.74) is 1.50. The molecule has 0 atom stereocenters. The average Bonchev–Trinajstić information content (AvgIpc) is 2.94. The lowest BCUT2D eigenvalue weighted by Gasteiger charge is -2.09. The fourth-order valence-corrected chi connectivity index (χ4v) is 1.75. The Labute approximate surface area is 116 Å². The van der Waals surface area contributed by atoms with E-state index in [2.05, 4.69) is 10.5 Å². The van der Waals surface area contributed by atoms with E-state index in [9.17, 15) is 4.79 Å². The predicted molar refractivity (Wildman–Crippen MR) is 74.0 cm³/mol. The van der Waals surface area contributed by atoms with Crippen molar-refractivity contribution >= 4 is 11.8 Å². The molecule has 1 aromatic carbocycles. The molecule has 0 fully saturated rings. The lowest BCUT2D eigenvalue weighted by Crippen LogP contribution is -2.09. The van der Waals surface area contributed by atoms with Crippen molar-refractivity contribution in [3.63, 3.8) is 0 Å². The number of benzene rings is 1. The van der Waals surface area contributed by atoms with Crippen molar-refractivity contribution in [2.45, 2.75) is 13.3 Å². The molecule has 2 aromatic rings. The topological polar surface area (TPSA) is 73.6 Å². The number of methoxy groups -OCH3 is 2. The lowest BCUT2D eigenvalue weighted by molar-refractivity contribution is -0.116. The van der Waals surface area contributed by atoms with E-state index in [1.165, 1.54) is 0 Å². The van der Waals surface area contributed by atoms with Gasteiger partial charge in [0.25, 0.3) is 0 Å². The average molecular weight is 276 g/mol. The first-order chi connectivity index (χ1) is 9.69. The van der Waals surface area contributed by atoms with Crippen LogP contribution in [0.1, 0.15) is 13.3 Å². The highest BCUT2D eigenvalue weighted by Gasteiger charge is 2.14. The van der Waals surface area contributed by atoms with Crippen molar-refractivity contribution in [3.8, 4) is 22.6 Å². The lowest BCUT2D eigenvalue weighted by atomic mass is 10.1. The second kappa shape index (κ2) is 6.10. The molecule has 0 unspecified atom stereocenters. The van der Waals surface area contributed by atoms with Gasteiger partial charge in [0.15, 0.2) is 11.5 Å². The molecule has 0 saturated heterocycles. The summed E-state index contributed by atoms with van der Waals surface area (Å²) < 4.78 is 15.5. The monoisotopic (exact) mass is 276 g/mol. The molecule has 0 saturated carbocycles. The van der Waals surface area contributed by atoms with Crippen LogP contribution in [0.3, 0.4) is 0 Å². The highest BCUT2D eigenvalue weighted by molar-refractivity contribution is 5.93. The molecule has 1 amide bonds. The number of amides is 1. The normalized spacial score (nSPS) is 10.2. The van der Waals surface area contributed by atoms with Crippen molar-refractivity contribution < 1.29 is 18.8 Å². The van der Waals surface area contributed by atoms with Gasteiger partial charge in [0.1, 0.15) is 0 Å². The zero-order valence-electron chi connectivity index (χ0n) is 11.6. The van der Waals surface area contributed by atoms with Crippen LogP contribution in [-0.4, -0.2) is 25.3 Å². The number of rotatable bonds is 5.